The lowest BCUT2D eigenvalue weighted by Crippen LogP contribution is -2.39. The Morgan fingerprint density at radius 2 is 2.11 bits per heavy atom. The molecule has 1 fully saturated rings. The van der Waals surface area contributed by atoms with Crippen LogP contribution in [0.2, 0.25) is 0 Å². The maximum Gasteiger partial charge on any atom is 0.240 e. The Balaban J connectivity index is 2.23. The Morgan fingerprint density at radius 1 is 1.39 bits per heavy atom. The molecule has 2 N–H and O–H groups in total. The molecular formula is C12H17FN2O2S. The molecular weight excluding hydrogens is 255 g/mol. The number of hydrogen-bond acceptors (Lipinski definition) is 3. The number of nitrogens with one attached hydrogen (secondary N) is 2. The van der Waals surface area contributed by atoms with E-state index in [1.54, 1.807) is 7.05 Å². The molecule has 2 rings (SSSR count). The van der Waals surface area contributed by atoms with Gasteiger partial charge in [0.1, 0.15) is 5.82 Å². The maximum absolute atomic E-state index is 13.4. The second-order valence-electron chi connectivity index (χ2n) is 4.53. The summed E-state index contributed by atoms with van der Waals surface area (Å²) in [7, 11) is -1.83. The lowest BCUT2D eigenvalue weighted by molar-refractivity contribution is 0.383. The van der Waals surface area contributed by atoms with E-state index in [1.807, 2.05) is 0 Å². The second-order valence-corrected chi connectivity index (χ2v) is 6.25. The van der Waals surface area contributed by atoms with E-state index in [0.717, 1.165) is 19.3 Å². The van der Waals surface area contributed by atoms with Gasteiger partial charge in [-0.3, -0.25) is 0 Å². The van der Waals surface area contributed by atoms with Crippen LogP contribution in [-0.2, 0) is 16.6 Å². The van der Waals surface area contributed by atoms with Gasteiger partial charge in [0.05, 0.1) is 4.90 Å². The van der Waals surface area contributed by atoms with Gasteiger partial charge >= 0.3 is 0 Å². The molecule has 100 valence electrons. The van der Waals surface area contributed by atoms with Crippen molar-refractivity contribution in [3.05, 3.63) is 29.6 Å². The summed E-state index contributed by atoms with van der Waals surface area (Å²) in [6.45, 7) is 0.304. The molecule has 0 aromatic heterocycles. The Labute approximate surface area is 107 Å². The molecule has 0 unspecified atom stereocenters. The highest BCUT2D eigenvalue weighted by Gasteiger charge is 2.25. The first kappa shape index (κ1) is 13.5. The van der Waals surface area contributed by atoms with E-state index < -0.39 is 15.8 Å². The zero-order chi connectivity index (χ0) is 13.2. The van der Waals surface area contributed by atoms with Crippen LogP contribution in [0.15, 0.2) is 23.1 Å². The van der Waals surface area contributed by atoms with Gasteiger partial charge in [-0.05, 0) is 38.1 Å². The summed E-state index contributed by atoms with van der Waals surface area (Å²) in [4.78, 5) is 0.126. The van der Waals surface area contributed by atoms with E-state index in [4.69, 9.17) is 0 Å². The molecule has 1 aliphatic rings. The van der Waals surface area contributed by atoms with Crippen molar-refractivity contribution in [2.45, 2.75) is 36.7 Å². The van der Waals surface area contributed by atoms with Crippen LogP contribution < -0.4 is 10.0 Å². The van der Waals surface area contributed by atoms with Crippen LogP contribution >= 0.6 is 0 Å². The van der Waals surface area contributed by atoms with E-state index in [1.165, 1.54) is 18.2 Å². The summed E-state index contributed by atoms with van der Waals surface area (Å²) in [5.41, 5.74) is 0.356. The lowest BCUT2D eigenvalue weighted by atomic mass is 9.94. The zero-order valence-electron chi connectivity index (χ0n) is 10.2. The number of halogens is 1. The highest BCUT2D eigenvalue weighted by molar-refractivity contribution is 7.89. The molecule has 0 saturated heterocycles. The van der Waals surface area contributed by atoms with Crippen molar-refractivity contribution in [3.8, 4) is 0 Å². The van der Waals surface area contributed by atoms with Gasteiger partial charge in [0.2, 0.25) is 10.0 Å². The minimum absolute atomic E-state index is 0.0350. The van der Waals surface area contributed by atoms with Crippen LogP contribution in [0.4, 0.5) is 4.39 Å². The molecule has 0 bridgehead atoms. The molecule has 0 radical (unpaired) electrons. The third-order valence-corrected chi connectivity index (χ3v) is 4.64. The van der Waals surface area contributed by atoms with Crippen LogP contribution in [-0.4, -0.2) is 21.5 Å². The smallest absolute Gasteiger partial charge is 0.240 e. The summed E-state index contributed by atoms with van der Waals surface area (Å²) in [5.74, 6) is -0.396. The summed E-state index contributed by atoms with van der Waals surface area (Å²) >= 11 is 0. The fraction of sp³-hybridized carbons (Fsp3) is 0.500. The molecule has 1 aromatic rings. The SMILES string of the molecule is CNCc1cc(S(=O)(=O)NC2CCC2)ccc1F. The largest absolute Gasteiger partial charge is 0.316 e. The molecule has 4 nitrogen and oxygen atoms in total. The van der Waals surface area contributed by atoms with Crippen molar-refractivity contribution < 1.29 is 12.8 Å². The molecule has 18 heavy (non-hydrogen) atoms. The predicted octanol–water partition coefficient (Wildman–Crippen LogP) is 1.38. The average Bonchev–Trinajstić information content (AvgIpc) is 2.27. The third kappa shape index (κ3) is 2.88. The molecule has 0 heterocycles. The number of rotatable bonds is 5. The van der Waals surface area contributed by atoms with Gasteiger partial charge in [-0.25, -0.2) is 17.5 Å². The minimum atomic E-state index is -3.52. The zero-order valence-corrected chi connectivity index (χ0v) is 11.1. The van der Waals surface area contributed by atoms with E-state index in [2.05, 4.69) is 10.0 Å². The predicted molar refractivity (Wildman–Crippen MR) is 67.1 cm³/mol. The summed E-state index contributed by atoms with van der Waals surface area (Å²) < 4.78 is 40.2. The highest BCUT2D eigenvalue weighted by atomic mass is 32.2. The molecule has 0 aliphatic heterocycles. The Bertz CT molecular complexity index is 527. The second kappa shape index (κ2) is 5.34. The van der Waals surface area contributed by atoms with Crippen molar-refractivity contribution in [3.63, 3.8) is 0 Å². The molecule has 1 aliphatic carbocycles. The van der Waals surface area contributed by atoms with E-state index in [9.17, 15) is 12.8 Å². The topological polar surface area (TPSA) is 58.2 Å². The summed E-state index contributed by atoms with van der Waals surface area (Å²) in [6, 6.07) is 3.91. The Hall–Kier alpha value is -0.980. The number of benzene rings is 1. The van der Waals surface area contributed by atoms with E-state index >= 15 is 0 Å². The van der Waals surface area contributed by atoms with Crippen molar-refractivity contribution >= 4 is 10.0 Å². The fourth-order valence-electron chi connectivity index (χ4n) is 1.86. The Morgan fingerprint density at radius 3 is 2.67 bits per heavy atom. The quantitative estimate of drug-likeness (QED) is 0.851. The number of sulfonamides is 1. The van der Waals surface area contributed by atoms with E-state index in [-0.39, 0.29) is 10.9 Å². The summed E-state index contributed by atoms with van der Waals surface area (Å²) in [5, 5.41) is 2.81. The highest BCUT2D eigenvalue weighted by Crippen LogP contribution is 2.22. The van der Waals surface area contributed by atoms with Gasteiger partial charge in [-0.1, -0.05) is 6.42 Å². The number of hydrogen-bond donors (Lipinski definition) is 2. The van der Waals surface area contributed by atoms with Crippen molar-refractivity contribution in [2.24, 2.45) is 0 Å². The van der Waals surface area contributed by atoms with Gasteiger partial charge in [0.15, 0.2) is 0 Å². The third-order valence-electron chi connectivity index (χ3n) is 3.12. The molecule has 0 amide bonds. The monoisotopic (exact) mass is 272 g/mol. The van der Waals surface area contributed by atoms with Crippen LogP contribution in [0.3, 0.4) is 0 Å². The molecule has 1 saturated carbocycles. The van der Waals surface area contributed by atoms with Crippen LogP contribution in [0.25, 0.3) is 0 Å². The standard InChI is InChI=1S/C12H17FN2O2S/c1-14-8-9-7-11(5-6-12(9)13)18(16,17)15-10-3-2-4-10/h5-7,10,14-15H,2-4,8H2,1H3. The fourth-order valence-corrected chi connectivity index (χ4v) is 3.21. The van der Waals surface area contributed by atoms with Gasteiger partial charge in [0.25, 0.3) is 0 Å². The van der Waals surface area contributed by atoms with Gasteiger partial charge in [-0.2, -0.15) is 0 Å². The van der Waals surface area contributed by atoms with Crippen LogP contribution in [0, 0.1) is 5.82 Å². The van der Waals surface area contributed by atoms with Gasteiger partial charge < -0.3 is 5.32 Å². The van der Waals surface area contributed by atoms with Crippen molar-refractivity contribution in [1.29, 1.82) is 0 Å². The minimum Gasteiger partial charge on any atom is -0.316 e. The first-order chi connectivity index (χ1) is 8.53. The van der Waals surface area contributed by atoms with Gasteiger partial charge in [-0.15, -0.1) is 0 Å². The molecule has 0 atom stereocenters. The maximum atomic E-state index is 13.4. The van der Waals surface area contributed by atoms with Crippen molar-refractivity contribution in [1.82, 2.24) is 10.0 Å². The Kier molecular flexibility index (Phi) is 3.99. The van der Waals surface area contributed by atoms with Crippen LogP contribution in [0.1, 0.15) is 24.8 Å². The molecule has 0 spiro atoms. The van der Waals surface area contributed by atoms with Crippen LogP contribution in [0.5, 0.6) is 0 Å². The lowest BCUT2D eigenvalue weighted by Gasteiger charge is -2.26. The molecule has 1 aromatic carbocycles. The van der Waals surface area contributed by atoms with Crippen molar-refractivity contribution in [2.75, 3.05) is 7.05 Å². The molecule has 6 heteroatoms. The normalized spacial score (nSPS) is 16.6. The van der Waals surface area contributed by atoms with Gasteiger partial charge in [0, 0.05) is 18.2 Å². The first-order valence-corrected chi connectivity index (χ1v) is 7.46. The first-order valence-electron chi connectivity index (χ1n) is 5.98. The average molecular weight is 272 g/mol. The van der Waals surface area contributed by atoms with E-state index in [0.29, 0.717) is 12.1 Å². The summed E-state index contributed by atoms with van der Waals surface area (Å²) in [6.07, 6.45) is 2.81.